The van der Waals surface area contributed by atoms with Crippen molar-refractivity contribution in [2.24, 2.45) is 5.92 Å². The second-order valence-corrected chi connectivity index (χ2v) is 5.26. The highest BCUT2D eigenvalue weighted by Gasteiger charge is 2.17. The van der Waals surface area contributed by atoms with Gasteiger partial charge in [0.05, 0.1) is 0 Å². The lowest BCUT2D eigenvalue weighted by Gasteiger charge is -2.27. The van der Waals surface area contributed by atoms with E-state index < -0.39 is 0 Å². The lowest BCUT2D eigenvalue weighted by atomic mass is 9.84. The van der Waals surface area contributed by atoms with Crippen LogP contribution in [0.1, 0.15) is 64.7 Å². The number of rotatable bonds is 8. The van der Waals surface area contributed by atoms with Crippen molar-refractivity contribution in [1.82, 2.24) is 5.32 Å². The monoisotopic (exact) mass is 223 g/mol. The Balaban J connectivity index is 2.25. The molecule has 1 nitrogen and oxygen atoms in total. The fraction of sp³-hybridized carbons (Fsp3) is 0.867. The summed E-state index contributed by atoms with van der Waals surface area (Å²) in [7, 11) is 0. The number of hydrogen-bond acceptors (Lipinski definition) is 1. The second kappa shape index (κ2) is 8.81. The third kappa shape index (κ3) is 5.69. The van der Waals surface area contributed by atoms with Crippen LogP contribution in [0, 0.1) is 5.92 Å². The van der Waals surface area contributed by atoms with Crippen molar-refractivity contribution >= 4 is 0 Å². The molecule has 16 heavy (non-hydrogen) atoms. The molecule has 1 rings (SSSR count). The van der Waals surface area contributed by atoms with Crippen LogP contribution in [0.5, 0.6) is 0 Å². The molecule has 0 heterocycles. The largest absolute Gasteiger partial charge is 0.314 e. The van der Waals surface area contributed by atoms with Gasteiger partial charge in [-0.1, -0.05) is 45.1 Å². The Morgan fingerprint density at radius 1 is 1.31 bits per heavy atom. The van der Waals surface area contributed by atoms with Crippen LogP contribution in [-0.4, -0.2) is 12.6 Å². The highest BCUT2D eigenvalue weighted by Crippen LogP contribution is 2.28. The molecule has 0 bridgehead atoms. The molecule has 1 aliphatic rings. The summed E-state index contributed by atoms with van der Waals surface area (Å²) in [5.41, 5.74) is 0. The van der Waals surface area contributed by atoms with Crippen molar-refractivity contribution in [3.63, 3.8) is 0 Å². The van der Waals surface area contributed by atoms with Gasteiger partial charge in [-0.05, 0) is 38.1 Å². The van der Waals surface area contributed by atoms with Gasteiger partial charge in [0, 0.05) is 6.04 Å². The van der Waals surface area contributed by atoms with E-state index in [1.165, 1.54) is 57.9 Å². The van der Waals surface area contributed by atoms with Crippen LogP contribution in [0.15, 0.2) is 12.7 Å². The first kappa shape index (κ1) is 13.8. The maximum atomic E-state index is 3.83. The molecule has 0 aromatic heterocycles. The molecule has 0 spiro atoms. The van der Waals surface area contributed by atoms with E-state index in [2.05, 4.69) is 24.9 Å². The second-order valence-electron chi connectivity index (χ2n) is 5.26. The number of nitrogens with one attached hydrogen (secondary N) is 1. The van der Waals surface area contributed by atoms with Crippen molar-refractivity contribution < 1.29 is 0 Å². The summed E-state index contributed by atoms with van der Waals surface area (Å²) < 4.78 is 0. The average Bonchev–Trinajstić information content (AvgIpc) is 2.34. The van der Waals surface area contributed by atoms with E-state index in [0.717, 1.165) is 18.4 Å². The van der Waals surface area contributed by atoms with Gasteiger partial charge in [-0.2, -0.15) is 0 Å². The van der Waals surface area contributed by atoms with Crippen LogP contribution in [0.2, 0.25) is 0 Å². The SMILES string of the molecule is C=CCCC(CC1CCCCC1)NCCC. The Labute approximate surface area is 102 Å². The van der Waals surface area contributed by atoms with E-state index >= 15 is 0 Å². The van der Waals surface area contributed by atoms with E-state index in [1.807, 2.05) is 0 Å². The molecule has 1 heteroatoms. The van der Waals surface area contributed by atoms with Gasteiger partial charge in [0.25, 0.3) is 0 Å². The van der Waals surface area contributed by atoms with Crippen LogP contribution >= 0.6 is 0 Å². The smallest absolute Gasteiger partial charge is 0.00726 e. The van der Waals surface area contributed by atoms with Crippen LogP contribution in [-0.2, 0) is 0 Å². The van der Waals surface area contributed by atoms with Crippen molar-refractivity contribution in [3.8, 4) is 0 Å². The Morgan fingerprint density at radius 3 is 2.69 bits per heavy atom. The molecule has 1 saturated carbocycles. The molecule has 94 valence electrons. The molecule has 0 radical (unpaired) electrons. The molecule has 0 amide bonds. The minimum Gasteiger partial charge on any atom is -0.314 e. The molecule has 0 aromatic rings. The predicted octanol–water partition coefficient (Wildman–Crippen LogP) is 4.29. The quantitative estimate of drug-likeness (QED) is 0.605. The van der Waals surface area contributed by atoms with E-state index in [9.17, 15) is 0 Å². The minimum absolute atomic E-state index is 0.737. The van der Waals surface area contributed by atoms with Crippen molar-refractivity contribution in [2.75, 3.05) is 6.54 Å². The van der Waals surface area contributed by atoms with Gasteiger partial charge < -0.3 is 5.32 Å². The maximum absolute atomic E-state index is 3.83. The third-order valence-corrected chi connectivity index (χ3v) is 3.74. The highest BCUT2D eigenvalue weighted by molar-refractivity contribution is 4.78. The van der Waals surface area contributed by atoms with E-state index in [0.29, 0.717) is 0 Å². The molecule has 1 unspecified atom stereocenters. The van der Waals surface area contributed by atoms with Crippen molar-refractivity contribution in [2.45, 2.75) is 70.8 Å². The summed E-state index contributed by atoms with van der Waals surface area (Å²) >= 11 is 0. The summed E-state index contributed by atoms with van der Waals surface area (Å²) in [5, 5.41) is 3.70. The van der Waals surface area contributed by atoms with Crippen LogP contribution < -0.4 is 5.32 Å². The standard InChI is InChI=1S/C15H29N/c1-3-5-11-15(16-12-4-2)13-14-9-7-6-8-10-14/h3,14-16H,1,4-13H2,2H3. The van der Waals surface area contributed by atoms with E-state index in [1.54, 1.807) is 0 Å². The predicted molar refractivity (Wildman–Crippen MR) is 72.7 cm³/mol. The molecule has 0 aromatic carbocycles. The van der Waals surface area contributed by atoms with Crippen molar-refractivity contribution in [1.29, 1.82) is 0 Å². The summed E-state index contributed by atoms with van der Waals surface area (Å²) in [6.45, 7) is 7.26. The van der Waals surface area contributed by atoms with Crippen molar-refractivity contribution in [3.05, 3.63) is 12.7 Å². The first-order chi connectivity index (χ1) is 7.86. The Morgan fingerprint density at radius 2 is 2.06 bits per heavy atom. The van der Waals surface area contributed by atoms with Gasteiger partial charge in [0.1, 0.15) is 0 Å². The lowest BCUT2D eigenvalue weighted by Crippen LogP contribution is -2.32. The Hall–Kier alpha value is -0.300. The average molecular weight is 223 g/mol. The number of allylic oxidation sites excluding steroid dienone is 1. The van der Waals surface area contributed by atoms with Gasteiger partial charge in [-0.3, -0.25) is 0 Å². The first-order valence-corrected chi connectivity index (χ1v) is 7.21. The fourth-order valence-electron chi connectivity index (χ4n) is 2.80. The molecule has 1 N–H and O–H groups in total. The lowest BCUT2D eigenvalue weighted by molar-refractivity contribution is 0.291. The maximum Gasteiger partial charge on any atom is 0.00726 e. The minimum atomic E-state index is 0.737. The zero-order chi connectivity index (χ0) is 11.6. The van der Waals surface area contributed by atoms with Crippen LogP contribution in [0.4, 0.5) is 0 Å². The van der Waals surface area contributed by atoms with Crippen LogP contribution in [0.25, 0.3) is 0 Å². The first-order valence-electron chi connectivity index (χ1n) is 7.21. The summed E-state index contributed by atoms with van der Waals surface area (Å²) in [6.07, 6.45) is 14.5. The zero-order valence-corrected chi connectivity index (χ0v) is 11.0. The third-order valence-electron chi connectivity index (χ3n) is 3.74. The Kier molecular flexibility index (Phi) is 7.58. The summed E-state index contributed by atoms with van der Waals surface area (Å²) in [5.74, 6) is 0.993. The van der Waals surface area contributed by atoms with Gasteiger partial charge >= 0.3 is 0 Å². The molecule has 1 aliphatic carbocycles. The summed E-state index contributed by atoms with van der Waals surface area (Å²) in [6, 6.07) is 0.737. The van der Waals surface area contributed by atoms with Gasteiger partial charge in [-0.15, -0.1) is 6.58 Å². The zero-order valence-electron chi connectivity index (χ0n) is 11.0. The molecule has 0 saturated heterocycles. The van der Waals surface area contributed by atoms with E-state index in [-0.39, 0.29) is 0 Å². The molecular formula is C15H29N. The van der Waals surface area contributed by atoms with E-state index in [4.69, 9.17) is 0 Å². The fourth-order valence-corrected chi connectivity index (χ4v) is 2.80. The Bertz CT molecular complexity index is 170. The molecule has 0 aliphatic heterocycles. The molecule has 1 fully saturated rings. The van der Waals surface area contributed by atoms with Gasteiger partial charge in [0.15, 0.2) is 0 Å². The highest BCUT2D eigenvalue weighted by atomic mass is 14.9. The van der Waals surface area contributed by atoms with Gasteiger partial charge in [-0.25, -0.2) is 0 Å². The molecular weight excluding hydrogens is 194 g/mol. The van der Waals surface area contributed by atoms with Gasteiger partial charge in [0.2, 0.25) is 0 Å². The summed E-state index contributed by atoms with van der Waals surface area (Å²) in [4.78, 5) is 0. The number of hydrogen-bond donors (Lipinski definition) is 1. The molecule has 1 atom stereocenters. The van der Waals surface area contributed by atoms with Crippen LogP contribution in [0.3, 0.4) is 0 Å². The topological polar surface area (TPSA) is 12.0 Å². The normalized spacial score (nSPS) is 19.6.